The number of nitrogens with zero attached hydrogens (tertiary/aromatic N) is 1. The summed E-state index contributed by atoms with van der Waals surface area (Å²) in [5.74, 6) is -20.2. The van der Waals surface area contributed by atoms with Crippen LogP contribution in [0, 0.1) is 0 Å². The summed E-state index contributed by atoms with van der Waals surface area (Å²) >= 11 is 5.34. The lowest BCUT2D eigenvalue weighted by atomic mass is 10.1. The van der Waals surface area contributed by atoms with Crippen molar-refractivity contribution in [1.82, 2.24) is 0 Å². The molecule has 0 saturated heterocycles. The standard InChI is InChI=1S/C12H4ClF10NO2/c13-5-2-1-3-6(4-5)24(7(25)9(14,15)11(18,19)20)8(26)10(16,17)12(21,22)23/h1-4H. The normalized spacial score (nSPS) is 13.5. The maximum Gasteiger partial charge on any atom is 0.463 e. The van der Waals surface area contributed by atoms with Crippen molar-refractivity contribution in [2.45, 2.75) is 24.2 Å². The first-order valence-corrected chi connectivity index (χ1v) is 6.36. The smallest absolute Gasteiger partial charge is 0.267 e. The van der Waals surface area contributed by atoms with Gasteiger partial charge in [0.05, 0.1) is 5.69 Å². The van der Waals surface area contributed by atoms with Crippen LogP contribution in [-0.2, 0) is 9.59 Å². The third kappa shape index (κ3) is 3.86. The van der Waals surface area contributed by atoms with Gasteiger partial charge in [-0.15, -0.1) is 0 Å². The number of hydrogen-bond acceptors (Lipinski definition) is 2. The average Bonchev–Trinajstić information content (AvgIpc) is 2.44. The van der Waals surface area contributed by atoms with Crippen LogP contribution >= 0.6 is 11.6 Å². The second-order valence-corrected chi connectivity index (χ2v) is 5.01. The predicted molar refractivity (Wildman–Crippen MR) is 65.9 cm³/mol. The van der Waals surface area contributed by atoms with Crippen molar-refractivity contribution >= 4 is 29.1 Å². The van der Waals surface area contributed by atoms with Crippen LogP contribution < -0.4 is 4.90 Å². The molecule has 0 heterocycles. The second kappa shape index (κ2) is 6.59. The molecule has 26 heavy (non-hydrogen) atoms. The van der Waals surface area contributed by atoms with Crippen LogP contribution in [0.1, 0.15) is 0 Å². The number of halogens is 11. The van der Waals surface area contributed by atoms with E-state index in [1.54, 1.807) is 0 Å². The number of hydrogen-bond donors (Lipinski definition) is 0. The number of alkyl halides is 10. The Morgan fingerprint density at radius 2 is 1.15 bits per heavy atom. The zero-order valence-corrected chi connectivity index (χ0v) is 12.5. The highest BCUT2D eigenvalue weighted by Crippen LogP contribution is 2.42. The van der Waals surface area contributed by atoms with Crippen molar-refractivity contribution < 1.29 is 53.5 Å². The number of rotatable bonds is 3. The highest BCUT2D eigenvalue weighted by molar-refractivity contribution is 6.31. The fraction of sp³-hybridized carbons (Fsp3) is 0.333. The van der Waals surface area contributed by atoms with E-state index in [0.717, 1.165) is 6.07 Å². The minimum absolute atomic E-state index is 0.274. The quantitative estimate of drug-likeness (QED) is 0.672. The van der Waals surface area contributed by atoms with Gasteiger partial charge in [-0.3, -0.25) is 9.59 Å². The van der Waals surface area contributed by atoms with Crippen LogP contribution in [0.15, 0.2) is 24.3 Å². The van der Waals surface area contributed by atoms with Crippen molar-refractivity contribution in [1.29, 1.82) is 0 Å². The summed E-state index contributed by atoms with van der Waals surface area (Å²) < 4.78 is 126. The van der Waals surface area contributed by atoms with Crippen molar-refractivity contribution in [2.24, 2.45) is 0 Å². The summed E-state index contributed by atoms with van der Waals surface area (Å²) in [5, 5.41) is -0.557. The lowest BCUT2D eigenvalue weighted by Crippen LogP contribution is -2.60. The lowest BCUT2D eigenvalue weighted by Gasteiger charge is -2.30. The Kier molecular flexibility index (Phi) is 5.58. The first kappa shape index (κ1) is 22.0. The van der Waals surface area contributed by atoms with Gasteiger partial charge in [-0.1, -0.05) is 17.7 Å². The van der Waals surface area contributed by atoms with Crippen molar-refractivity contribution in [2.75, 3.05) is 4.90 Å². The Morgan fingerprint density at radius 1 is 0.769 bits per heavy atom. The van der Waals surface area contributed by atoms with E-state index in [4.69, 9.17) is 11.6 Å². The van der Waals surface area contributed by atoms with Crippen LogP contribution in [0.4, 0.5) is 49.6 Å². The molecule has 0 N–H and O–H groups in total. The summed E-state index contributed by atoms with van der Waals surface area (Å²) in [4.78, 5) is 21.3. The molecular formula is C12H4ClF10NO2. The van der Waals surface area contributed by atoms with E-state index in [1.807, 2.05) is 0 Å². The SMILES string of the molecule is O=C(N(C(=O)C(F)(F)C(F)(F)F)c1cccc(Cl)c1)C(F)(F)C(F)(F)F. The fourth-order valence-electron chi connectivity index (χ4n) is 1.47. The molecule has 1 aromatic carbocycles. The second-order valence-electron chi connectivity index (χ2n) is 4.57. The highest BCUT2D eigenvalue weighted by atomic mass is 35.5. The topological polar surface area (TPSA) is 37.4 Å². The maximum absolute atomic E-state index is 13.2. The van der Waals surface area contributed by atoms with Gasteiger partial charge in [0.25, 0.3) is 0 Å². The van der Waals surface area contributed by atoms with Gasteiger partial charge < -0.3 is 0 Å². The largest absolute Gasteiger partial charge is 0.463 e. The molecule has 1 aromatic rings. The Bertz CT molecular complexity index is 675. The molecule has 0 saturated carbocycles. The number of carbonyl (C=O) groups excluding carboxylic acids is 2. The third-order valence-electron chi connectivity index (χ3n) is 2.72. The van der Waals surface area contributed by atoms with E-state index < -0.39 is 51.6 Å². The Morgan fingerprint density at radius 3 is 1.46 bits per heavy atom. The molecule has 2 amide bonds. The van der Waals surface area contributed by atoms with E-state index in [0.29, 0.717) is 12.1 Å². The number of benzene rings is 1. The Labute approximate surface area is 142 Å². The highest BCUT2D eigenvalue weighted by Gasteiger charge is 2.70. The molecule has 0 fully saturated rings. The molecule has 3 nitrogen and oxygen atoms in total. The molecular weight excluding hydrogens is 416 g/mol. The zero-order chi connectivity index (χ0) is 20.7. The number of imide groups is 1. The van der Waals surface area contributed by atoms with E-state index in [1.165, 1.54) is 0 Å². The molecule has 0 bridgehead atoms. The molecule has 0 aliphatic heterocycles. The van der Waals surface area contributed by atoms with Gasteiger partial charge >= 0.3 is 36.0 Å². The predicted octanol–water partition coefficient (Wildman–Crippen LogP) is 4.59. The van der Waals surface area contributed by atoms with Gasteiger partial charge in [-0.05, 0) is 18.2 Å². The maximum atomic E-state index is 13.2. The number of amides is 2. The van der Waals surface area contributed by atoms with Crippen LogP contribution in [0.25, 0.3) is 0 Å². The molecule has 0 aliphatic carbocycles. The van der Waals surface area contributed by atoms with Crippen LogP contribution in [0.5, 0.6) is 0 Å². The van der Waals surface area contributed by atoms with Crippen LogP contribution in [0.3, 0.4) is 0 Å². The molecule has 0 aliphatic rings. The molecule has 1 rings (SSSR count). The third-order valence-corrected chi connectivity index (χ3v) is 2.96. The molecule has 0 aromatic heterocycles. The molecule has 0 unspecified atom stereocenters. The summed E-state index contributed by atoms with van der Waals surface area (Å²) in [6, 6.07) is 2.27. The van der Waals surface area contributed by atoms with Gasteiger partial charge in [0.2, 0.25) is 0 Å². The molecule has 146 valence electrons. The number of anilines is 1. The van der Waals surface area contributed by atoms with Gasteiger partial charge in [-0.25, -0.2) is 4.90 Å². The minimum atomic E-state index is -6.67. The average molecular weight is 420 g/mol. The summed E-state index contributed by atoms with van der Waals surface area (Å²) in [5.41, 5.74) is -1.44. The Balaban J connectivity index is 3.61. The zero-order valence-electron chi connectivity index (χ0n) is 11.7. The monoisotopic (exact) mass is 419 g/mol. The first-order chi connectivity index (χ1) is 11.4. The van der Waals surface area contributed by atoms with E-state index in [2.05, 4.69) is 0 Å². The van der Waals surface area contributed by atoms with Gasteiger partial charge in [0, 0.05) is 5.02 Å². The molecule has 0 radical (unpaired) electrons. The lowest BCUT2D eigenvalue weighted by molar-refractivity contribution is -0.273. The van der Waals surface area contributed by atoms with Crippen LogP contribution in [0.2, 0.25) is 5.02 Å². The van der Waals surface area contributed by atoms with E-state index in [9.17, 15) is 53.5 Å². The van der Waals surface area contributed by atoms with Crippen molar-refractivity contribution in [3.8, 4) is 0 Å². The van der Waals surface area contributed by atoms with E-state index >= 15 is 0 Å². The molecule has 0 spiro atoms. The van der Waals surface area contributed by atoms with Crippen molar-refractivity contribution in [3.05, 3.63) is 29.3 Å². The fourth-order valence-corrected chi connectivity index (χ4v) is 1.65. The molecule has 14 heteroatoms. The Hall–Kier alpha value is -2.05. The summed E-state index contributed by atoms with van der Waals surface area (Å²) in [6.45, 7) is 0. The molecule has 0 atom stereocenters. The van der Waals surface area contributed by atoms with E-state index in [-0.39, 0.29) is 6.07 Å². The minimum Gasteiger partial charge on any atom is -0.267 e. The number of carbonyl (C=O) groups is 2. The van der Waals surface area contributed by atoms with Gasteiger partial charge in [0.1, 0.15) is 0 Å². The summed E-state index contributed by atoms with van der Waals surface area (Å²) in [7, 11) is 0. The van der Waals surface area contributed by atoms with Crippen molar-refractivity contribution in [3.63, 3.8) is 0 Å². The first-order valence-electron chi connectivity index (χ1n) is 5.98. The van der Waals surface area contributed by atoms with Crippen LogP contribution in [-0.4, -0.2) is 36.0 Å². The van der Waals surface area contributed by atoms with Gasteiger partial charge in [-0.2, -0.15) is 43.9 Å². The summed E-state index contributed by atoms with van der Waals surface area (Å²) in [6.07, 6.45) is -13.3. The van der Waals surface area contributed by atoms with Gasteiger partial charge in [0.15, 0.2) is 0 Å².